The number of hydrogen-bond donors (Lipinski definition) is 1. The molecular weight excluding hydrogens is 224 g/mol. The van der Waals surface area contributed by atoms with Gasteiger partial charge in [0.1, 0.15) is 11.4 Å². The minimum atomic E-state index is -0.0420. The molecule has 0 radical (unpaired) electrons. The van der Waals surface area contributed by atoms with Crippen LogP contribution in [-0.4, -0.2) is 30.1 Å². The van der Waals surface area contributed by atoms with Crippen molar-refractivity contribution < 1.29 is 4.74 Å². The summed E-state index contributed by atoms with van der Waals surface area (Å²) in [4.78, 5) is 2.40. The summed E-state index contributed by atoms with van der Waals surface area (Å²) in [6, 6.07) is 8.90. The molecule has 2 N–H and O–H groups in total. The van der Waals surface area contributed by atoms with Crippen LogP contribution in [0, 0.1) is 0 Å². The minimum absolute atomic E-state index is 0.0420. The summed E-state index contributed by atoms with van der Waals surface area (Å²) < 4.78 is 6.34. The van der Waals surface area contributed by atoms with Crippen LogP contribution in [0.3, 0.4) is 0 Å². The number of benzene rings is 1. The molecule has 1 fully saturated rings. The van der Waals surface area contributed by atoms with E-state index in [1.807, 2.05) is 12.1 Å². The Balaban J connectivity index is 1.89. The van der Waals surface area contributed by atoms with Gasteiger partial charge in [-0.3, -0.25) is 0 Å². The first kappa shape index (κ1) is 12.0. The molecule has 0 bridgehead atoms. The highest BCUT2D eigenvalue weighted by atomic mass is 16.5. The van der Waals surface area contributed by atoms with Gasteiger partial charge in [0, 0.05) is 37.0 Å². The van der Waals surface area contributed by atoms with Crippen molar-refractivity contribution in [2.75, 3.05) is 13.6 Å². The fourth-order valence-electron chi connectivity index (χ4n) is 3.34. The highest BCUT2D eigenvalue weighted by Crippen LogP contribution is 2.44. The maximum Gasteiger partial charge on any atom is 0.124 e. The molecule has 3 nitrogen and oxygen atoms in total. The van der Waals surface area contributed by atoms with E-state index in [-0.39, 0.29) is 11.6 Å². The molecule has 1 saturated heterocycles. The Hall–Kier alpha value is -1.06. The number of rotatable bonds is 0. The van der Waals surface area contributed by atoms with Gasteiger partial charge in [0.25, 0.3) is 0 Å². The Kier molecular flexibility index (Phi) is 2.83. The number of hydrogen-bond acceptors (Lipinski definition) is 3. The first-order valence-corrected chi connectivity index (χ1v) is 6.83. The molecule has 3 unspecified atom stereocenters. The number of nitrogens with two attached hydrogens (primary N) is 1. The van der Waals surface area contributed by atoms with Gasteiger partial charge in [-0.1, -0.05) is 18.2 Å². The molecule has 3 atom stereocenters. The average molecular weight is 246 g/mol. The summed E-state index contributed by atoms with van der Waals surface area (Å²) in [6.07, 6.45) is 3.10. The van der Waals surface area contributed by atoms with Gasteiger partial charge in [0.2, 0.25) is 0 Å². The van der Waals surface area contributed by atoms with Crippen molar-refractivity contribution in [3.63, 3.8) is 0 Å². The van der Waals surface area contributed by atoms with Crippen LogP contribution in [0.2, 0.25) is 0 Å². The van der Waals surface area contributed by atoms with E-state index in [4.69, 9.17) is 10.5 Å². The third kappa shape index (κ3) is 1.91. The standard InChI is InChI=1S/C15H22N2O/c1-11-9-15(7-8-17(11)2)10-13(16)12-5-3-4-6-14(12)18-15/h3-6,11,13H,7-10,16H2,1-2H3. The van der Waals surface area contributed by atoms with Crippen LogP contribution in [0.15, 0.2) is 24.3 Å². The SMILES string of the molecule is CC1CC2(CCN1C)CC(N)c1ccccc1O2. The lowest BCUT2D eigenvalue weighted by molar-refractivity contribution is -0.0357. The van der Waals surface area contributed by atoms with E-state index in [1.54, 1.807) is 0 Å². The quantitative estimate of drug-likeness (QED) is 0.763. The molecule has 3 heteroatoms. The van der Waals surface area contributed by atoms with Gasteiger partial charge in [-0.15, -0.1) is 0 Å². The van der Waals surface area contributed by atoms with Crippen LogP contribution >= 0.6 is 0 Å². The van der Waals surface area contributed by atoms with Crippen molar-refractivity contribution in [2.24, 2.45) is 5.73 Å². The van der Waals surface area contributed by atoms with E-state index in [0.717, 1.165) is 37.1 Å². The number of ether oxygens (including phenoxy) is 1. The van der Waals surface area contributed by atoms with Gasteiger partial charge in [-0.05, 0) is 26.5 Å². The van der Waals surface area contributed by atoms with E-state index < -0.39 is 0 Å². The Morgan fingerprint density at radius 2 is 2.11 bits per heavy atom. The van der Waals surface area contributed by atoms with Crippen molar-refractivity contribution >= 4 is 0 Å². The fourth-order valence-corrected chi connectivity index (χ4v) is 3.34. The lowest BCUT2D eigenvalue weighted by Crippen LogP contribution is -2.53. The van der Waals surface area contributed by atoms with E-state index in [0.29, 0.717) is 6.04 Å². The Bertz CT molecular complexity index is 448. The normalized spacial score (nSPS) is 36.2. The monoisotopic (exact) mass is 246 g/mol. The molecule has 3 rings (SSSR count). The lowest BCUT2D eigenvalue weighted by Gasteiger charge is -2.48. The molecular formula is C15H22N2O. The van der Waals surface area contributed by atoms with Crippen LogP contribution in [0.4, 0.5) is 0 Å². The number of para-hydroxylation sites is 1. The van der Waals surface area contributed by atoms with E-state index in [1.165, 1.54) is 0 Å². The molecule has 2 aliphatic heterocycles. The predicted octanol–water partition coefficient (Wildman–Crippen LogP) is 2.32. The largest absolute Gasteiger partial charge is 0.487 e. The lowest BCUT2D eigenvalue weighted by atomic mass is 9.78. The Labute approximate surface area is 109 Å². The van der Waals surface area contributed by atoms with Gasteiger partial charge < -0.3 is 15.4 Å². The first-order valence-electron chi connectivity index (χ1n) is 6.83. The second kappa shape index (κ2) is 4.25. The molecule has 0 aliphatic carbocycles. The summed E-state index contributed by atoms with van der Waals surface area (Å²) in [5, 5.41) is 0. The zero-order valence-electron chi connectivity index (χ0n) is 11.2. The topological polar surface area (TPSA) is 38.5 Å². The number of likely N-dealkylation sites (tertiary alicyclic amines) is 1. The number of piperidine rings is 1. The fraction of sp³-hybridized carbons (Fsp3) is 0.600. The third-order valence-electron chi connectivity index (χ3n) is 4.58. The van der Waals surface area contributed by atoms with Crippen molar-refractivity contribution in [3.8, 4) is 5.75 Å². The molecule has 2 heterocycles. The van der Waals surface area contributed by atoms with Gasteiger partial charge >= 0.3 is 0 Å². The zero-order chi connectivity index (χ0) is 12.8. The van der Waals surface area contributed by atoms with Crippen LogP contribution < -0.4 is 10.5 Å². The smallest absolute Gasteiger partial charge is 0.124 e. The minimum Gasteiger partial charge on any atom is -0.487 e. The van der Waals surface area contributed by atoms with Gasteiger partial charge in [-0.25, -0.2) is 0 Å². The summed E-state index contributed by atoms with van der Waals surface area (Å²) in [5.41, 5.74) is 7.46. The molecule has 1 aromatic carbocycles. The second-order valence-corrected chi connectivity index (χ2v) is 5.92. The molecule has 0 aromatic heterocycles. The predicted molar refractivity (Wildman–Crippen MR) is 72.7 cm³/mol. The Morgan fingerprint density at radius 1 is 1.33 bits per heavy atom. The number of fused-ring (bicyclic) bond motifs is 1. The second-order valence-electron chi connectivity index (χ2n) is 5.92. The van der Waals surface area contributed by atoms with Crippen LogP contribution in [0.5, 0.6) is 5.75 Å². The van der Waals surface area contributed by atoms with Crippen molar-refractivity contribution in [1.29, 1.82) is 0 Å². The zero-order valence-corrected chi connectivity index (χ0v) is 11.2. The highest BCUT2D eigenvalue weighted by molar-refractivity contribution is 5.38. The Morgan fingerprint density at radius 3 is 2.89 bits per heavy atom. The summed E-state index contributed by atoms with van der Waals surface area (Å²) in [7, 11) is 2.19. The average Bonchev–Trinajstić information content (AvgIpc) is 2.35. The summed E-state index contributed by atoms with van der Waals surface area (Å²) in [5.74, 6) is 0.994. The maximum absolute atomic E-state index is 6.34. The molecule has 18 heavy (non-hydrogen) atoms. The van der Waals surface area contributed by atoms with E-state index >= 15 is 0 Å². The third-order valence-corrected chi connectivity index (χ3v) is 4.58. The number of nitrogens with zero attached hydrogens (tertiary/aromatic N) is 1. The molecule has 0 amide bonds. The molecule has 1 aromatic rings. The highest BCUT2D eigenvalue weighted by Gasteiger charge is 2.43. The van der Waals surface area contributed by atoms with Crippen molar-refractivity contribution in [1.82, 2.24) is 4.90 Å². The van der Waals surface area contributed by atoms with Crippen LogP contribution in [-0.2, 0) is 0 Å². The van der Waals surface area contributed by atoms with Crippen LogP contribution in [0.1, 0.15) is 37.8 Å². The summed E-state index contributed by atoms with van der Waals surface area (Å²) in [6.45, 7) is 3.37. The van der Waals surface area contributed by atoms with Gasteiger partial charge in [0.05, 0.1) is 0 Å². The summed E-state index contributed by atoms with van der Waals surface area (Å²) >= 11 is 0. The first-order chi connectivity index (χ1) is 8.60. The van der Waals surface area contributed by atoms with Crippen molar-refractivity contribution in [2.45, 2.75) is 43.9 Å². The maximum atomic E-state index is 6.34. The van der Waals surface area contributed by atoms with Crippen molar-refractivity contribution in [3.05, 3.63) is 29.8 Å². The molecule has 1 spiro atoms. The van der Waals surface area contributed by atoms with Gasteiger partial charge in [-0.2, -0.15) is 0 Å². The molecule has 2 aliphatic rings. The van der Waals surface area contributed by atoms with E-state index in [9.17, 15) is 0 Å². The molecule has 0 saturated carbocycles. The molecule has 98 valence electrons. The van der Waals surface area contributed by atoms with E-state index in [2.05, 4.69) is 31.0 Å². The van der Waals surface area contributed by atoms with Crippen LogP contribution in [0.25, 0.3) is 0 Å². The van der Waals surface area contributed by atoms with Gasteiger partial charge in [0.15, 0.2) is 0 Å².